The van der Waals surface area contributed by atoms with Crippen LogP contribution in [0.5, 0.6) is 0 Å². The normalized spacial score (nSPS) is 20.3. The second kappa shape index (κ2) is 6.54. The Morgan fingerprint density at radius 2 is 1.88 bits per heavy atom. The molecule has 0 aliphatic carbocycles. The largest absolute Gasteiger partial charge is 0.342 e. The van der Waals surface area contributed by atoms with Gasteiger partial charge in [-0.2, -0.15) is 0 Å². The van der Waals surface area contributed by atoms with Crippen LogP contribution in [0.4, 0.5) is 13.6 Å². The molecule has 1 fully saturated rings. The Morgan fingerprint density at radius 1 is 1.25 bits per heavy atom. The van der Waals surface area contributed by atoms with Gasteiger partial charge in [0.15, 0.2) is 0 Å². The van der Waals surface area contributed by atoms with Crippen molar-refractivity contribution in [1.29, 1.82) is 0 Å². The minimum atomic E-state index is -1.76. The van der Waals surface area contributed by atoms with Gasteiger partial charge in [-0.1, -0.05) is 0 Å². The Morgan fingerprint density at radius 3 is 2.46 bits per heavy atom. The van der Waals surface area contributed by atoms with E-state index in [9.17, 15) is 23.2 Å². The highest BCUT2D eigenvalue weighted by Gasteiger charge is 2.51. The van der Waals surface area contributed by atoms with Crippen molar-refractivity contribution in [3.8, 4) is 0 Å². The number of nitrogens with one attached hydrogen (secondary N) is 1. The quantitative estimate of drug-likeness (QED) is 0.829. The average Bonchev–Trinajstić information content (AvgIpc) is 2.75. The smallest absolute Gasteiger partial charge is 0.325 e. The fourth-order valence-electron chi connectivity index (χ4n) is 2.72. The van der Waals surface area contributed by atoms with Gasteiger partial charge in [-0.3, -0.25) is 14.5 Å². The van der Waals surface area contributed by atoms with Gasteiger partial charge in [0.05, 0.1) is 0 Å². The number of hydrogen-bond donors (Lipinski definition) is 1. The first-order valence-electron chi connectivity index (χ1n) is 7.62. The first-order chi connectivity index (χ1) is 11.2. The maximum Gasteiger partial charge on any atom is 0.325 e. The number of likely N-dealkylation sites (N-methyl/N-ethyl adjacent to an activating group) is 1. The Kier molecular flexibility index (Phi) is 4.86. The van der Waals surface area contributed by atoms with Crippen molar-refractivity contribution in [1.82, 2.24) is 15.1 Å². The molecule has 1 unspecified atom stereocenters. The van der Waals surface area contributed by atoms with Gasteiger partial charge in [0.2, 0.25) is 5.91 Å². The number of carbonyl (C=O) groups excluding carboxylic acids is 3. The van der Waals surface area contributed by atoms with E-state index in [1.54, 1.807) is 13.8 Å². The molecule has 0 aromatic heterocycles. The zero-order valence-electron chi connectivity index (χ0n) is 13.7. The van der Waals surface area contributed by atoms with Gasteiger partial charge in [-0.05, 0) is 39.0 Å². The highest BCUT2D eigenvalue weighted by atomic mass is 19.1. The van der Waals surface area contributed by atoms with Gasteiger partial charge < -0.3 is 10.2 Å². The minimum absolute atomic E-state index is 0.279. The van der Waals surface area contributed by atoms with Crippen molar-refractivity contribution < 1.29 is 23.2 Å². The van der Waals surface area contributed by atoms with Crippen LogP contribution >= 0.6 is 0 Å². The van der Waals surface area contributed by atoms with Crippen molar-refractivity contribution in [2.75, 3.05) is 19.6 Å². The first-order valence-corrected chi connectivity index (χ1v) is 7.62. The molecule has 6 nitrogen and oxygen atoms in total. The number of hydrogen-bond acceptors (Lipinski definition) is 3. The number of carbonyl (C=O) groups is 3. The van der Waals surface area contributed by atoms with Gasteiger partial charge in [0, 0.05) is 18.7 Å². The van der Waals surface area contributed by atoms with E-state index in [0.717, 1.165) is 23.1 Å². The van der Waals surface area contributed by atoms with Gasteiger partial charge >= 0.3 is 6.03 Å². The van der Waals surface area contributed by atoms with E-state index in [2.05, 4.69) is 5.32 Å². The molecular weight excluding hydrogens is 320 g/mol. The summed E-state index contributed by atoms with van der Waals surface area (Å²) in [6.07, 6.45) is 0. The number of urea groups is 1. The summed E-state index contributed by atoms with van der Waals surface area (Å²) in [4.78, 5) is 39.1. The van der Waals surface area contributed by atoms with Crippen molar-refractivity contribution in [2.24, 2.45) is 0 Å². The summed E-state index contributed by atoms with van der Waals surface area (Å²) in [6, 6.07) is 1.86. The van der Waals surface area contributed by atoms with Crippen LogP contribution < -0.4 is 5.32 Å². The standard InChI is InChI=1S/C16H19F2N3O3/c1-4-20(5-2)13(22)9-21-14(23)16(3,19-15(21)24)11-8-10(17)6-7-12(11)18/h6-8H,4-5,9H2,1-3H3,(H,19,24). The topological polar surface area (TPSA) is 69.7 Å². The minimum Gasteiger partial charge on any atom is -0.342 e. The molecule has 4 amide bonds. The molecule has 1 aromatic carbocycles. The summed E-state index contributed by atoms with van der Waals surface area (Å²) in [5, 5.41) is 2.35. The van der Waals surface area contributed by atoms with Gasteiger partial charge in [-0.25, -0.2) is 13.6 Å². The van der Waals surface area contributed by atoms with Gasteiger partial charge in [0.25, 0.3) is 5.91 Å². The third-order valence-corrected chi connectivity index (χ3v) is 4.15. The molecule has 130 valence electrons. The molecule has 8 heteroatoms. The molecular formula is C16H19F2N3O3. The fourth-order valence-corrected chi connectivity index (χ4v) is 2.72. The van der Waals surface area contributed by atoms with Crippen LogP contribution in [-0.2, 0) is 15.1 Å². The molecule has 1 saturated heterocycles. The van der Waals surface area contributed by atoms with Crippen LogP contribution in [0.2, 0.25) is 0 Å². The van der Waals surface area contributed by atoms with Crippen LogP contribution in [0, 0.1) is 11.6 Å². The monoisotopic (exact) mass is 339 g/mol. The van der Waals surface area contributed by atoms with Crippen LogP contribution in [-0.4, -0.2) is 47.3 Å². The molecule has 1 N–H and O–H groups in total. The Hall–Kier alpha value is -2.51. The third-order valence-electron chi connectivity index (χ3n) is 4.15. The van der Waals surface area contributed by atoms with Crippen LogP contribution in [0.1, 0.15) is 26.3 Å². The first kappa shape index (κ1) is 17.8. The highest BCUT2D eigenvalue weighted by molar-refractivity contribution is 6.09. The Balaban J connectivity index is 2.31. The van der Waals surface area contributed by atoms with Gasteiger partial charge in [0.1, 0.15) is 23.7 Å². The lowest BCUT2D eigenvalue weighted by molar-refractivity contribution is -0.138. The van der Waals surface area contributed by atoms with Gasteiger partial charge in [-0.15, -0.1) is 0 Å². The Labute approximate surface area is 138 Å². The summed E-state index contributed by atoms with van der Waals surface area (Å²) >= 11 is 0. The van der Waals surface area contributed by atoms with E-state index in [1.165, 1.54) is 11.8 Å². The lowest BCUT2D eigenvalue weighted by Crippen LogP contribution is -2.44. The van der Waals surface area contributed by atoms with Crippen molar-refractivity contribution >= 4 is 17.8 Å². The van der Waals surface area contributed by atoms with E-state index < -0.39 is 41.6 Å². The molecule has 1 aliphatic rings. The molecule has 1 heterocycles. The number of rotatable bonds is 5. The average molecular weight is 339 g/mol. The zero-order valence-corrected chi connectivity index (χ0v) is 13.7. The van der Waals surface area contributed by atoms with E-state index in [0.29, 0.717) is 13.1 Å². The van der Waals surface area contributed by atoms with Crippen LogP contribution in [0.25, 0.3) is 0 Å². The molecule has 1 aliphatic heterocycles. The molecule has 0 radical (unpaired) electrons. The number of amides is 4. The molecule has 1 atom stereocenters. The Bertz CT molecular complexity index is 691. The van der Waals surface area contributed by atoms with Crippen molar-refractivity contribution in [3.05, 3.63) is 35.4 Å². The summed E-state index contributed by atoms with van der Waals surface area (Å²) in [7, 11) is 0. The van der Waals surface area contributed by atoms with Crippen LogP contribution in [0.3, 0.4) is 0 Å². The van der Waals surface area contributed by atoms with E-state index in [1.807, 2.05) is 0 Å². The lowest BCUT2D eigenvalue weighted by atomic mass is 9.91. The molecule has 2 rings (SSSR count). The van der Waals surface area contributed by atoms with Crippen molar-refractivity contribution in [2.45, 2.75) is 26.3 Å². The predicted molar refractivity (Wildman–Crippen MR) is 81.9 cm³/mol. The van der Waals surface area contributed by atoms with Crippen LogP contribution in [0.15, 0.2) is 18.2 Å². The number of benzene rings is 1. The lowest BCUT2D eigenvalue weighted by Gasteiger charge is -2.24. The summed E-state index contributed by atoms with van der Waals surface area (Å²) < 4.78 is 27.5. The van der Waals surface area contributed by atoms with E-state index in [4.69, 9.17) is 0 Å². The number of imide groups is 1. The maximum atomic E-state index is 14.0. The molecule has 1 aromatic rings. The molecule has 24 heavy (non-hydrogen) atoms. The molecule has 0 bridgehead atoms. The summed E-state index contributed by atoms with van der Waals surface area (Å²) in [5.74, 6) is -2.73. The zero-order chi connectivity index (χ0) is 18.1. The van der Waals surface area contributed by atoms with Crippen molar-refractivity contribution in [3.63, 3.8) is 0 Å². The predicted octanol–water partition coefficient (Wildman–Crippen LogP) is 1.60. The number of nitrogens with zero attached hydrogens (tertiary/aromatic N) is 2. The highest BCUT2D eigenvalue weighted by Crippen LogP contribution is 2.31. The third kappa shape index (κ3) is 2.95. The maximum absolute atomic E-state index is 14.0. The second-order valence-electron chi connectivity index (χ2n) is 5.64. The molecule has 0 spiro atoms. The fraction of sp³-hybridized carbons (Fsp3) is 0.438. The second-order valence-corrected chi connectivity index (χ2v) is 5.64. The molecule has 0 saturated carbocycles. The summed E-state index contributed by atoms with van der Waals surface area (Å²) in [5.41, 5.74) is -2.04. The number of halogens is 2. The SMILES string of the molecule is CCN(CC)C(=O)CN1C(=O)NC(C)(c2cc(F)ccc2F)C1=O. The van der Waals surface area contributed by atoms with E-state index in [-0.39, 0.29) is 5.56 Å². The van der Waals surface area contributed by atoms with E-state index >= 15 is 0 Å². The summed E-state index contributed by atoms with van der Waals surface area (Å²) in [6.45, 7) is 5.27.